The van der Waals surface area contributed by atoms with E-state index in [0.29, 0.717) is 12.8 Å². The first-order chi connectivity index (χ1) is 17.6. The summed E-state index contributed by atoms with van der Waals surface area (Å²) < 4.78 is 5.73. The van der Waals surface area contributed by atoms with E-state index in [9.17, 15) is 9.59 Å². The zero-order chi connectivity index (χ0) is 26.5. The topological polar surface area (TPSA) is 63.6 Å². The summed E-state index contributed by atoms with van der Waals surface area (Å²) in [5.74, 6) is -0.669. The molecule has 0 radical (unpaired) electrons. The lowest BCUT2D eigenvalue weighted by atomic mass is 10.0. The summed E-state index contributed by atoms with van der Waals surface area (Å²) in [6.45, 7) is 4.36. The maximum absolute atomic E-state index is 12.2. The second-order valence-corrected chi connectivity index (χ2v) is 10.6. The normalized spacial score (nSPS) is 12.3. The fraction of sp³-hybridized carbons (Fsp3) is 0.875. The highest BCUT2D eigenvalue weighted by Gasteiger charge is 2.12. The van der Waals surface area contributed by atoms with E-state index in [1.54, 1.807) is 0 Å². The monoisotopic (exact) mass is 508 g/mol. The molecule has 0 aromatic rings. The lowest BCUT2D eigenvalue weighted by Crippen LogP contribution is -2.17. The van der Waals surface area contributed by atoms with Gasteiger partial charge in [-0.15, -0.1) is 0 Å². The van der Waals surface area contributed by atoms with Crippen LogP contribution in [0.15, 0.2) is 12.2 Å². The Morgan fingerprint density at radius 1 is 0.611 bits per heavy atom. The zero-order valence-corrected chi connectivity index (χ0v) is 24.1. The Labute approximate surface area is 224 Å². The van der Waals surface area contributed by atoms with E-state index in [1.807, 2.05) is 0 Å². The number of carboxylic acid groups (broad SMARTS) is 1. The first kappa shape index (κ1) is 34.7. The van der Waals surface area contributed by atoms with Crippen molar-refractivity contribution >= 4 is 11.9 Å². The van der Waals surface area contributed by atoms with Gasteiger partial charge in [-0.05, 0) is 51.4 Å². The molecule has 0 heterocycles. The van der Waals surface area contributed by atoms with Crippen LogP contribution in [0.25, 0.3) is 0 Å². The molecule has 0 aliphatic heterocycles. The Morgan fingerprint density at radius 3 is 1.56 bits per heavy atom. The average molecular weight is 509 g/mol. The van der Waals surface area contributed by atoms with Crippen LogP contribution in [0.1, 0.15) is 174 Å². The Balaban J connectivity index is 3.45. The number of carboxylic acids is 1. The number of carbonyl (C=O) groups is 2. The molecule has 0 bridgehead atoms. The quantitative estimate of drug-likeness (QED) is 0.0648. The van der Waals surface area contributed by atoms with E-state index >= 15 is 0 Å². The molecule has 4 nitrogen and oxygen atoms in total. The Kier molecular flexibility index (Phi) is 27.2. The van der Waals surface area contributed by atoms with Gasteiger partial charge in [0.2, 0.25) is 0 Å². The van der Waals surface area contributed by atoms with E-state index in [-0.39, 0.29) is 12.1 Å². The fourth-order valence-electron chi connectivity index (χ4n) is 4.63. The van der Waals surface area contributed by atoms with Crippen molar-refractivity contribution < 1.29 is 19.4 Å². The van der Waals surface area contributed by atoms with Gasteiger partial charge in [0.25, 0.3) is 0 Å². The van der Waals surface area contributed by atoms with Gasteiger partial charge in [0.1, 0.15) is 6.10 Å². The van der Waals surface area contributed by atoms with Crippen LogP contribution in [0.4, 0.5) is 0 Å². The van der Waals surface area contributed by atoms with Crippen molar-refractivity contribution in [1.82, 2.24) is 0 Å². The number of aliphatic carboxylic acids is 1. The number of carbonyl (C=O) groups excluding carboxylic acids is 1. The van der Waals surface area contributed by atoms with Gasteiger partial charge >= 0.3 is 11.9 Å². The molecule has 0 spiro atoms. The standard InChI is InChI=1S/C32H60O4/c1-3-5-6-7-8-9-12-17-20-23-26-29-32(35)36-30(4-2)27-24-21-18-15-13-10-11-14-16-19-22-25-28-31(33)34/h7-8,30H,3-6,9-29H2,1-2H3,(H,33,34)/b8-7-. The van der Waals surface area contributed by atoms with Crippen LogP contribution < -0.4 is 0 Å². The molecule has 0 aromatic heterocycles. The number of esters is 1. The fourth-order valence-corrected chi connectivity index (χ4v) is 4.63. The van der Waals surface area contributed by atoms with E-state index in [4.69, 9.17) is 9.84 Å². The molecule has 4 heteroatoms. The average Bonchev–Trinajstić information content (AvgIpc) is 2.86. The van der Waals surface area contributed by atoms with Crippen LogP contribution in [0.2, 0.25) is 0 Å². The van der Waals surface area contributed by atoms with Crippen molar-refractivity contribution in [3.8, 4) is 0 Å². The van der Waals surface area contributed by atoms with Crippen molar-refractivity contribution in [2.24, 2.45) is 0 Å². The summed E-state index contributed by atoms with van der Waals surface area (Å²) in [4.78, 5) is 22.6. The summed E-state index contributed by atoms with van der Waals surface area (Å²) >= 11 is 0. The van der Waals surface area contributed by atoms with Crippen molar-refractivity contribution in [3.63, 3.8) is 0 Å². The van der Waals surface area contributed by atoms with Gasteiger partial charge in [-0.3, -0.25) is 9.59 Å². The summed E-state index contributed by atoms with van der Waals surface area (Å²) in [6, 6.07) is 0. The highest BCUT2D eigenvalue weighted by molar-refractivity contribution is 5.69. The van der Waals surface area contributed by atoms with E-state index < -0.39 is 5.97 Å². The van der Waals surface area contributed by atoms with Crippen molar-refractivity contribution in [3.05, 3.63) is 12.2 Å². The van der Waals surface area contributed by atoms with Crippen LogP contribution in [0.5, 0.6) is 0 Å². The predicted molar refractivity (Wildman–Crippen MR) is 153 cm³/mol. The van der Waals surface area contributed by atoms with Crippen molar-refractivity contribution in [2.75, 3.05) is 0 Å². The molecule has 1 atom stereocenters. The Hall–Kier alpha value is -1.32. The minimum absolute atomic E-state index is 0.00240. The molecule has 0 saturated carbocycles. The number of unbranched alkanes of at least 4 members (excludes halogenated alkanes) is 18. The Morgan fingerprint density at radius 2 is 1.06 bits per heavy atom. The molecule has 0 fully saturated rings. The third-order valence-electron chi connectivity index (χ3n) is 7.06. The second-order valence-electron chi connectivity index (χ2n) is 10.6. The molecule has 0 aliphatic carbocycles. The zero-order valence-electron chi connectivity index (χ0n) is 24.1. The molecule has 0 aliphatic rings. The van der Waals surface area contributed by atoms with E-state index in [0.717, 1.165) is 44.9 Å². The molecule has 0 saturated heterocycles. The molecule has 0 rings (SSSR count). The van der Waals surface area contributed by atoms with Gasteiger partial charge in [0, 0.05) is 12.8 Å². The Bertz CT molecular complexity index is 514. The first-order valence-electron chi connectivity index (χ1n) is 15.7. The summed E-state index contributed by atoms with van der Waals surface area (Å²) in [6.07, 6.45) is 33.0. The number of rotatable bonds is 28. The van der Waals surface area contributed by atoms with Crippen molar-refractivity contribution in [2.45, 2.75) is 180 Å². The minimum Gasteiger partial charge on any atom is -0.481 e. The highest BCUT2D eigenvalue weighted by atomic mass is 16.5. The smallest absolute Gasteiger partial charge is 0.306 e. The van der Waals surface area contributed by atoms with E-state index in [2.05, 4.69) is 26.0 Å². The van der Waals surface area contributed by atoms with Gasteiger partial charge < -0.3 is 9.84 Å². The summed E-state index contributed by atoms with van der Waals surface area (Å²) in [7, 11) is 0. The van der Waals surface area contributed by atoms with Crippen LogP contribution in [-0.2, 0) is 14.3 Å². The largest absolute Gasteiger partial charge is 0.481 e. The predicted octanol–water partition coefficient (Wildman–Crippen LogP) is 10.3. The van der Waals surface area contributed by atoms with Gasteiger partial charge in [-0.25, -0.2) is 0 Å². The molecular weight excluding hydrogens is 448 g/mol. The molecule has 0 aromatic carbocycles. The third-order valence-corrected chi connectivity index (χ3v) is 7.06. The maximum atomic E-state index is 12.2. The maximum Gasteiger partial charge on any atom is 0.306 e. The minimum atomic E-state index is -0.672. The van der Waals surface area contributed by atoms with Crippen LogP contribution >= 0.6 is 0 Å². The number of allylic oxidation sites excluding steroid dienone is 2. The van der Waals surface area contributed by atoms with Crippen LogP contribution in [0.3, 0.4) is 0 Å². The summed E-state index contributed by atoms with van der Waals surface area (Å²) in [5.41, 5.74) is 0. The highest BCUT2D eigenvalue weighted by Crippen LogP contribution is 2.16. The second kappa shape index (κ2) is 28.3. The molecule has 1 unspecified atom stereocenters. The number of hydrogen-bond acceptors (Lipinski definition) is 3. The third kappa shape index (κ3) is 27.3. The van der Waals surface area contributed by atoms with Crippen LogP contribution in [0, 0.1) is 0 Å². The molecule has 0 amide bonds. The molecule has 36 heavy (non-hydrogen) atoms. The van der Waals surface area contributed by atoms with Gasteiger partial charge in [-0.2, -0.15) is 0 Å². The SMILES string of the molecule is CCCC/C=C\CCCCCCCC(=O)OC(CC)CCCCCCCCCCCCCCC(=O)O. The van der Waals surface area contributed by atoms with Crippen LogP contribution in [-0.4, -0.2) is 23.1 Å². The lowest BCUT2D eigenvalue weighted by Gasteiger charge is -2.16. The number of hydrogen-bond donors (Lipinski definition) is 1. The van der Waals surface area contributed by atoms with E-state index in [1.165, 1.54) is 103 Å². The molecular formula is C32H60O4. The van der Waals surface area contributed by atoms with Gasteiger partial charge in [0.15, 0.2) is 0 Å². The van der Waals surface area contributed by atoms with Gasteiger partial charge in [-0.1, -0.05) is 122 Å². The summed E-state index contributed by atoms with van der Waals surface area (Å²) in [5, 5.41) is 8.63. The first-order valence-corrected chi connectivity index (χ1v) is 15.7. The molecule has 212 valence electrons. The number of ether oxygens (including phenoxy) is 1. The molecule has 1 N–H and O–H groups in total. The lowest BCUT2D eigenvalue weighted by molar-refractivity contribution is -0.149. The van der Waals surface area contributed by atoms with Gasteiger partial charge in [0.05, 0.1) is 0 Å². The van der Waals surface area contributed by atoms with Crippen molar-refractivity contribution in [1.29, 1.82) is 0 Å².